The molecule has 3 nitrogen and oxygen atoms in total. The Balaban J connectivity index is 2.28. The van der Waals surface area contributed by atoms with Crippen molar-refractivity contribution in [3.8, 4) is 0 Å². The fourth-order valence-corrected chi connectivity index (χ4v) is 1.56. The molecule has 1 fully saturated rings. The Bertz CT molecular complexity index is 269. The van der Waals surface area contributed by atoms with Crippen LogP contribution in [0.25, 0.3) is 0 Å². The summed E-state index contributed by atoms with van der Waals surface area (Å²) in [7, 11) is 0. The average Bonchev–Trinajstić information content (AvgIpc) is 2.78. The van der Waals surface area contributed by atoms with Crippen molar-refractivity contribution in [3.63, 3.8) is 0 Å². The van der Waals surface area contributed by atoms with Crippen LogP contribution in [-0.4, -0.2) is 28.7 Å². The van der Waals surface area contributed by atoms with Gasteiger partial charge in [0.15, 0.2) is 11.4 Å². The number of ketones is 1. The molecule has 0 spiro atoms. The number of aliphatic hydroxyl groups is 1. The van der Waals surface area contributed by atoms with Crippen LogP contribution in [0.3, 0.4) is 0 Å². The topological polar surface area (TPSA) is 49.8 Å². The summed E-state index contributed by atoms with van der Waals surface area (Å²) in [6.45, 7) is 3.50. The van der Waals surface area contributed by atoms with Gasteiger partial charge < -0.3 is 9.84 Å². The van der Waals surface area contributed by atoms with Gasteiger partial charge in [0.1, 0.15) is 12.2 Å². The van der Waals surface area contributed by atoms with E-state index in [0.29, 0.717) is 0 Å². The van der Waals surface area contributed by atoms with Crippen molar-refractivity contribution in [1.29, 1.82) is 0 Å². The Hall–Kier alpha value is -0.930. The highest BCUT2D eigenvalue weighted by molar-refractivity contribution is 5.99. The maximum atomic E-state index is 11.3. The zero-order chi connectivity index (χ0) is 8.77. The van der Waals surface area contributed by atoms with Gasteiger partial charge in [-0.1, -0.05) is 6.08 Å². The van der Waals surface area contributed by atoms with E-state index in [4.69, 9.17) is 4.74 Å². The van der Waals surface area contributed by atoms with E-state index in [1.54, 1.807) is 6.08 Å². The number of ether oxygens (including phenoxy) is 1. The molecule has 3 unspecified atom stereocenters. The molecular weight excluding hydrogens is 156 g/mol. The summed E-state index contributed by atoms with van der Waals surface area (Å²) in [6, 6.07) is 0. The van der Waals surface area contributed by atoms with Crippen molar-refractivity contribution in [2.45, 2.75) is 24.2 Å². The fraction of sp³-hybridized carbons (Fsp3) is 0.444. The third kappa shape index (κ3) is 0.869. The predicted octanol–water partition coefficient (Wildman–Crippen LogP) is 0.200. The van der Waals surface area contributed by atoms with Gasteiger partial charge in [0.05, 0.1) is 0 Å². The van der Waals surface area contributed by atoms with E-state index < -0.39 is 5.60 Å². The molecule has 1 saturated heterocycles. The maximum Gasteiger partial charge on any atom is 0.190 e. The van der Waals surface area contributed by atoms with Crippen molar-refractivity contribution in [2.24, 2.45) is 0 Å². The summed E-state index contributed by atoms with van der Waals surface area (Å²) in [5.41, 5.74) is -1.35. The molecule has 1 N–H and O–H groups in total. The van der Waals surface area contributed by atoms with Crippen molar-refractivity contribution in [2.75, 3.05) is 0 Å². The summed E-state index contributed by atoms with van der Waals surface area (Å²) >= 11 is 0. The van der Waals surface area contributed by atoms with Gasteiger partial charge in [-0.15, -0.1) is 6.58 Å². The van der Waals surface area contributed by atoms with E-state index in [9.17, 15) is 9.90 Å². The van der Waals surface area contributed by atoms with Crippen molar-refractivity contribution in [1.82, 2.24) is 0 Å². The summed E-state index contributed by atoms with van der Waals surface area (Å²) < 4.78 is 5.11. The Morgan fingerprint density at radius 1 is 1.83 bits per heavy atom. The van der Waals surface area contributed by atoms with Gasteiger partial charge in [-0.2, -0.15) is 0 Å². The molecule has 12 heavy (non-hydrogen) atoms. The molecule has 1 aliphatic heterocycles. The second-order valence-corrected chi connectivity index (χ2v) is 3.16. The van der Waals surface area contributed by atoms with Crippen LogP contribution in [0, 0.1) is 0 Å². The summed E-state index contributed by atoms with van der Waals surface area (Å²) in [4.78, 5) is 11.3. The lowest BCUT2D eigenvalue weighted by Gasteiger charge is -2.23. The first-order valence-corrected chi connectivity index (χ1v) is 3.90. The van der Waals surface area contributed by atoms with E-state index in [1.807, 2.05) is 0 Å². The van der Waals surface area contributed by atoms with E-state index in [2.05, 4.69) is 6.58 Å². The molecule has 0 aromatic carbocycles. The highest BCUT2D eigenvalue weighted by Crippen LogP contribution is 2.39. The van der Waals surface area contributed by atoms with Crippen LogP contribution in [0.2, 0.25) is 0 Å². The minimum Gasteiger partial charge on any atom is -0.378 e. The maximum absolute atomic E-state index is 11.3. The standard InChI is InChI=1S/C9H10O3/c1-2-5-9(11)7(10)4-3-6-8(9)12-6/h2-4,6,8,11H,1,5H2. The van der Waals surface area contributed by atoms with Crippen LogP contribution in [0.5, 0.6) is 0 Å². The molecule has 3 atom stereocenters. The molecule has 0 amide bonds. The number of fused-ring (bicyclic) bond motifs is 1. The first kappa shape index (κ1) is 7.71. The second kappa shape index (κ2) is 2.28. The summed E-state index contributed by atoms with van der Waals surface area (Å²) in [5, 5.41) is 9.85. The molecular formula is C9H10O3. The average molecular weight is 166 g/mol. The Kier molecular flexibility index (Phi) is 1.46. The molecule has 0 aromatic rings. The molecule has 64 valence electrons. The lowest BCUT2D eigenvalue weighted by atomic mass is 9.85. The van der Waals surface area contributed by atoms with Crippen molar-refractivity contribution in [3.05, 3.63) is 24.8 Å². The smallest absolute Gasteiger partial charge is 0.190 e. The number of rotatable bonds is 2. The van der Waals surface area contributed by atoms with Crippen molar-refractivity contribution >= 4 is 5.78 Å². The third-order valence-electron chi connectivity index (χ3n) is 2.32. The molecule has 0 radical (unpaired) electrons. The van der Waals surface area contributed by atoms with Crippen LogP contribution in [0.4, 0.5) is 0 Å². The highest BCUT2D eigenvalue weighted by Gasteiger charge is 2.58. The number of carbonyl (C=O) groups is 1. The summed E-state index contributed by atoms with van der Waals surface area (Å²) in [5.74, 6) is -0.277. The Morgan fingerprint density at radius 3 is 3.25 bits per heavy atom. The monoisotopic (exact) mass is 166 g/mol. The van der Waals surface area contributed by atoms with E-state index in [-0.39, 0.29) is 24.4 Å². The van der Waals surface area contributed by atoms with Gasteiger partial charge >= 0.3 is 0 Å². The summed E-state index contributed by atoms with van der Waals surface area (Å²) in [6.07, 6.45) is 4.47. The predicted molar refractivity (Wildman–Crippen MR) is 42.6 cm³/mol. The Morgan fingerprint density at radius 2 is 2.58 bits per heavy atom. The SMILES string of the molecule is C=CCC1(O)C(=O)C=CC2OC21. The van der Waals surface area contributed by atoms with Crippen LogP contribution in [0.15, 0.2) is 24.8 Å². The minimum atomic E-state index is -1.35. The molecule has 3 heteroatoms. The molecule has 1 aliphatic carbocycles. The molecule has 2 aliphatic rings. The van der Waals surface area contributed by atoms with Crippen LogP contribution in [0.1, 0.15) is 6.42 Å². The first-order valence-electron chi connectivity index (χ1n) is 3.90. The normalized spacial score (nSPS) is 43.9. The van der Waals surface area contributed by atoms with E-state index in [0.717, 1.165) is 0 Å². The van der Waals surface area contributed by atoms with Gasteiger partial charge in [0.25, 0.3) is 0 Å². The first-order chi connectivity index (χ1) is 5.68. The molecule has 0 saturated carbocycles. The minimum absolute atomic E-state index is 0.0624. The molecule has 2 rings (SSSR count). The lowest BCUT2D eigenvalue weighted by molar-refractivity contribution is -0.134. The zero-order valence-corrected chi connectivity index (χ0v) is 6.56. The van der Waals surface area contributed by atoms with E-state index in [1.165, 1.54) is 12.2 Å². The van der Waals surface area contributed by atoms with Gasteiger partial charge in [-0.25, -0.2) is 0 Å². The quantitative estimate of drug-likeness (QED) is 0.471. The number of hydrogen-bond acceptors (Lipinski definition) is 3. The third-order valence-corrected chi connectivity index (χ3v) is 2.32. The number of carbonyl (C=O) groups excluding carboxylic acids is 1. The molecule has 0 bridgehead atoms. The van der Waals surface area contributed by atoms with Crippen LogP contribution >= 0.6 is 0 Å². The lowest BCUT2D eigenvalue weighted by Crippen LogP contribution is -2.45. The fourth-order valence-electron chi connectivity index (χ4n) is 1.56. The Labute approximate surface area is 70.3 Å². The largest absolute Gasteiger partial charge is 0.378 e. The molecule has 0 aromatic heterocycles. The van der Waals surface area contributed by atoms with Crippen LogP contribution < -0.4 is 0 Å². The van der Waals surface area contributed by atoms with E-state index >= 15 is 0 Å². The van der Waals surface area contributed by atoms with Gasteiger partial charge in [0.2, 0.25) is 0 Å². The zero-order valence-electron chi connectivity index (χ0n) is 6.56. The van der Waals surface area contributed by atoms with Gasteiger partial charge in [0, 0.05) is 6.42 Å². The highest BCUT2D eigenvalue weighted by atomic mass is 16.6. The van der Waals surface area contributed by atoms with Crippen molar-refractivity contribution < 1.29 is 14.6 Å². The van der Waals surface area contributed by atoms with Gasteiger partial charge in [-0.3, -0.25) is 4.79 Å². The number of hydrogen-bond donors (Lipinski definition) is 1. The second-order valence-electron chi connectivity index (χ2n) is 3.16. The van der Waals surface area contributed by atoms with Crippen LogP contribution in [-0.2, 0) is 9.53 Å². The van der Waals surface area contributed by atoms with Gasteiger partial charge in [-0.05, 0) is 12.2 Å². The molecule has 1 heterocycles. The number of epoxide rings is 1.